The van der Waals surface area contributed by atoms with Gasteiger partial charge in [-0.25, -0.2) is 4.98 Å². The van der Waals surface area contributed by atoms with Crippen LogP contribution in [0.25, 0.3) is 10.9 Å². The van der Waals surface area contributed by atoms with Crippen LogP contribution in [0.5, 0.6) is 5.75 Å². The van der Waals surface area contributed by atoms with Crippen LogP contribution in [0.4, 0.5) is 24.7 Å². The largest absolute Gasteiger partial charge is 0.573 e. The highest BCUT2D eigenvalue weighted by Gasteiger charge is 2.33. The maximum Gasteiger partial charge on any atom is 0.573 e. The first-order valence-corrected chi connectivity index (χ1v) is 10.5. The SMILES string of the molecule is O=C(O)C1CCCC(N(c2ccc(OC(F)(F)F)cc2)c2ccc3cccc(Cl)c3n2)C1. The van der Waals surface area contributed by atoms with Gasteiger partial charge in [0.2, 0.25) is 0 Å². The summed E-state index contributed by atoms with van der Waals surface area (Å²) in [5.41, 5.74) is 1.19. The lowest BCUT2D eigenvalue weighted by atomic mass is 9.84. The van der Waals surface area contributed by atoms with Crippen LogP contribution in [0.3, 0.4) is 0 Å². The van der Waals surface area contributed by atoms with Crippen molar-refractivity contribution in [3.8, 4) is 5.75 Å². The van der Waals surface area contributed by atoms with Gasteiger partial charge in [0.15, 0.2) is 0 Å². The molecule has 2 unspecified atom stereocenters. The number of para-hydroxylation sites is 1. The molecule has 2 aromatic carbocycles. The molecule has 5 nitrogen and oxygen atoms in total. The van der Waals surface area contributed by atoms with Crippen LogP contribution in [0.1, 0.15) is 25.7 Å². The Morgan fingerprint density at radius 3 is 2.53 bits per heavy atom. The fourth-order valence-corrected chi connectivity index (χ4v) is 4.42. The Labute approximate surface area is 187 Å². The first-order valence-electron chi connectivity index (χ1n) is 10.1. The van der Waals surface area contributed by atoms with Crippen LogP contribution >= 0.6 is 11.6 Å². The molecule has 1 fully saturated rings. The van der Waals surface area contributed by atoms with Crippen LogP contribution in [0.2, 0.25) is 5.02 Å². The van der Waals surface area contributed by atoms with Gasteiger partial charge >= 0.3 is 12.3 Å². The van der Waals surface area contributed by atoms with Crippen molar-refractivity contribution >= 4 is 40.0 Å². The first-order chi connectivity index (χ1) is 15.2. The average Bonchev–Trinajstić information content (AvgIpc) is 2.75. The Morgan fingerprint density at radius 1 is 1.09 bits per heavy atom. The number of rotatable bonds is 5. The van der Waals surface area contributed by atoms with Crippen LogP contribution in [0, 0.1) is 5.92 Å². The molecular weight excluding hydrogens is 445 g/mol. The number of benzene rings is 2. The van der Waals surface area contributed by atoms with Gasteiger partial charge in [0, 0.05) is 17.1 Å². The number of carboxylic acid groups (broad SMARTS) is 1. The summed E-state index contributed by atoms with van der Waals surface area (Å²) in [6.45, 7) is 0. The van der Waals surface area contributed by atoms with Gasteiger partial charge in [0.05, 0.1) is 16.5 Å². The summed E-state index contributed by atoms with van der Waals surface area (Å²) < 4.78 is 41.6. The highest BCUT2D eigenvalue weighted by molar-refractivity contribution is 6.35. The molecular formula is C23H20ClF3N2O3. The molecule has 168 valence electrons. The van der Waals surface area contributed by atoms with E-state index in [0.717, 1.165) is 18.2 Å². The maximum absolute atomic E-state index is 12.6. The topological polar surface area (TPSA) is 62.7 Å². The monoisotopic (exact) mass is 464 g/mol. The lowest BCUT2D eigenvalue weighted by Gasteiger charge is -2.37. The van der Waals surface area contributed by atoms with E-state index in [1.165, 1.54) is 24.3 Å². The number of halogens is 4. The van der Waals surface area contributed by atoms with Crippen molar-refractivity contribution < 1.29 is 27.8 Å². The molecule has 0 bridgehead atoms. The predicted octanol–water partition coefficient (Wildman–Crippen LogP) is 6.57. The third-order valence-corrected chi connectivity index (χ3v) is 5.92. The number of anilines is 2. The van der Waals surface area contributed by atoms with Gasteiger partial charge in [-0.05, 0) is 61.7 Å². The van der Waals surface area contributed by atoms with Crippen molar-refractivity contribution in [1.82, 2.24) is 4.98 Å². The van der Waals surface area contributed by atoms with Crippen molar-refractivity contribution in [2.24, 2.45) is 5.92 Å². The molecule has 1 heterocycles. The predicted molar refractivity (Wildman–Crippen MR) is 115 cm³/mol. The smallest absolute Gasteiger partial charge is 0.481 e. The zero-order chi connectivity index (χ0) is 22.9. The summed E-state index contributed by atoms with van der Waals surface area (Å²) in [4.78, 5) is 18.2. The van der Waals surface area contributed by atoms with Gasteiger partial charge in [-0.2, -0.15) is 0 Å². The number of ether oxygens (including phenoxy) is 1. The molecule has 1 aliphatic rings. The quantitative estimate of drug-likeness (QED) is 0.462. The minimum atomic E-state index is -4.78. The van der Waals surface area contributed by atoms with E-state index in [-0.39, 0.29) is 11.8 Å². The number of fused-ring (bicyclic) bond motifs is 1. The van der Waals surface area contributed by atoms with E-state index in [4.69, 9.17) is 16.6 Å². The Bertz CT molecular complexity index is 1120. The Kier molecular flexibility index (Phi) is 6.15. The fraction of sp³-hybridized carbons (Fsp3) is 0.304. The highest BCUT2D eigenvalue weighted by Crippen LogP contribution is 2.37. The Balaban J connectivity index is 1.75. The van der Waals surface area contributed by atoms with E-state index < -0.39 is 18.2 Å². The lowest BCUT2D eigenvalue weighted by molar-refractivity contribution is -0.274. The van der Waals surface area contributed by atoms with Gasteiger partial charge in [0.1, 0.15) is 11.6 Å². The van der Waals surface area contributed by atoms with Crippen LogP contribution in [-0.4, -0.2) is 28.5 Å². The maximum atomic E-state index is 12.6. The van der Waals surface area contributed by atoms with Crippen molar-refractivity contribution in [2.45, 2.75) is 38.1 Å². The fourth-order valence-electron chi connectivity index (χ4n) is 4.20. The first kappa shape index (κ1) is 22.2. The molecule has 1 aliphatic carbocycles. The minimum absolute atomic E-state index is 0.188. The molecule has 0 aliphatic heterocycles. The number of carboxylic acids is 1. The molecule has 0 spiro atoms. The Morgan fingerprint density at radius 2 is 1.84 bits per heavy atom. The number of nitrogens with zero attached hydrogens (tertiary/aromatic N) is 2. The van der Waals surface area contributed by atoms with Crippen molar-refractivity contribution in [2.75, 3.05) is 4.90 Å². The summed E-state index contributed by atoms with van der Waals surface area (Å²) in [7, 11) is 0. The van der Waals surface area contributed by atoms with Gasteiger partial charge in [-0.3, -0.25) is 4.79 Å². The van der Waals surface area contributed by atoms with Crippen LogP contribution in [-0.2, 0) is 4.79 Å². The Hall–Kier alpha value is -3.00. The number of aromatic nitrogens is 1. The molecule has 1 aromatic heterocycles. The molecule has 1 N–H and O–H groups in total. The highest BCUT2D eigenvalue weighted by atomic mass is 35.5. The number of pyridine rings is 1. The second-order valence-corrected chi connectivity index (χ2v) is 8.16. The third kappa shape index (κ3) is 4.91. The van der Waals surface area contributed by atoms with Crippen LogP contribution < -0.4 is 9.64 Å². The van der Waals surface area contributed by atoms with E-state index in [9.17, 15) is 23.1 Å². The van der Waals surface area contributed by atoms with E-state index >= 15 is 0 Å². The molecule has 0 saturated heterocycles. The van der Waals surface area contributed by atoms with Gasteiger partial charge in [0.25, 0.3) is 0 Å². The summed E-state index contributed by atoms with van der Waals surface area (Å²) in [5, 5.41) is 10.9. The third-order valence-electron chi connectivity index (χ3n) is 5.61. The van der Waals surface area contributed by atoms with Crippen molar-refractivity contribution in [3.63, 3.8) is 0 Å². The van der Waals surface area contributed by atoms with Gasteiger partial charge in [-0.15, -0.1) is 13.2 Å². The second-order valence-electron chi connectivity index (χ2n) is 7.75. The number of carbonyl (C=O) groups is 1. The molecule has 0 amide bonds. The summed E-state index contributed by atoms with van der Waals surface area (Å²) in [6, 6.07) is 14.4. The standard InChI is InChI=1S/C23H20ClF3N2O3/c24-19-6-2-3-14-7-12-20(28-21(14)19)29(17-5-1-4-15(13-17)22(30)31)16-8-10-18(11-9-16)32-23(25,26)27/h2-3,6-12,15,17H,1,4-5,13H2,(H,30,31). The second kappa shape index (κ2) is 8.86. The normalized spacial score (nSPS) is 19.0. The summed E-state index contributed by atoms with van der Waals surface area (Å²) in [6.07, 6.45) is -2.34. The lowest BCUT2D eigenvalue weighted by Crippen LogP contribution is -2.38. The van der Waals surface area contributed by atoms with E-state index in [1.54, 1.807) is 6.07 Å². The van der Waals surface area contributed by atoms with E-state index in [1.807, 2.05) is 29.2 Å². The molecule has 9 heteroatoms. The zero-order valence-corrected chi connectivity index (χ0v) is 17.6. The van der Waals surface area contributed by atoms with E-state index in [2.05, 4.69) is 4.74 Å². The van der Waals surface area contributed by atoms with E-state index in [0.29, 0.717) is 34.9 Å². The molecule has 3 aromatic rings. The number of hydrogen-bond donors (Lipinski definition) is 1. The molecule has 0 radical (unpaired) electrons. The van der Waals surface area contributed by atoms with Crippen molar-refractivity contribution in [1.29, 1.82) is 0 Å². The molecule has 1 saturated carbocycles. The number of aliphatic carboxylic acids is 1. The van der Waals surface area contributed by atoms with Crippen LogP contribution in [0.15, 0.2) is 54.6 Å². The number of alkyl halides is 3. The summed E-state index contributed by atoms with van der Waals surface area (Å²) >= 11 is 6.33. The van der Waals surface area contributed by atoms with Gasteiger partial charge in [-0.1, -0.05) is 30.2 Å². The van der Waals surface area contributed by atoms with Gasteiger partial charge < -0.3 is 14.7 Å². The minimum Gasteiger partial charge on any atom is -0.481 e. The molecule has 4 rings (SSSR count). The number of hydrogen-bond acceptors (Lipinski definition) is 4. The average molecular weight is 465 g/mol. The molecule has 32 heavy (non-hydrogen) atoms. The zero-order valence-electron chi connectivity index (χ0n) is 16.8. The summed E-state index contributed by atoms with van der Waals surface area (Å²) in [5.74, 6) is -1.12. The molecule has 2 atom stereocenters. The van der Waals surface area contributed by atoms with Crippen molar-refractivity contribution in [3.05, 3.63) is 59.6 Å².